The summed E-state index contributed by atoms with van der Waals surface area (Å²) in [6.45, 7) is 1.80. The number of fused-ring (bicyclic) bond motifs is 1. The Morgan fingerprint density at radius 1 is 1.11 bits per heavy atom. The van der Waals surface area contributed by atoms with E-state index in [1.54, 1.807) is 43.3 Å². The largest absolute Gasteiger partial charge is 0.507 e. The van der Waals surface area contributed by atoms with Gasteiger partial charge in [0.2, 0.25) is 0 Å². The van der Waals surface area contributed by atoms with Gasteiger partial charge in [-0.15, -0.1) is 0 Å². The minimum absolute atomic E-state index is 0.00991. The molecule has 0 amide bonds. The summed E-state index contributed by atoms with van der Waals surface area (Å²) >= 11 is 0. The number of ketones is 1. The van der Waals surface area contributed by atoms with Gasteiger partial charge in [0.25, 0.3) is 11.5 Å². The van der Waals surface area contributed by atoms with E-state index in [2.05, 4.69) is 15.3 Å². The summed E-state index contributed by atoms with van der Waals surface area (Å²) in [6, 6.07) is 11.3. The summed E-state index contributed by atoms with van der Waals surface area (Å²) in [5, 5.41) is 20.8. The van der Waals surface area contributed by atoms with E-state index in [0.717, 1.165) is 10.2 Å². The second-order valence-corrected chi connectivity index (χ2v) is 6.28. The normalized spacial score (nSPS) is 10.9. The molecule has 0 fully saturated rings. The summed E-state index contributed by atoms with van der Waals surface area (Å²) in [6.07, 6.45) is 2.52. The smallest absolute Gasteiger partial charge is 0.299 e. The van der Waals surface area contributed by atoms with Crippen molar-refractivity contribution in [2.45, 2.75) is 6.92 Å². The van der Waals surface area contributed by atoms with Crippen LogP contribution in [0.2, 0.25) is 0 Å². The maximum Gasteiger partial charge on any atom is 0.299 e. The van der Waals surface area contributed by atoms with Crippen molar-refractivity contribution in [3.8, 4) is 5.75 Å². The van der Waals surface area contributed by atoms with Gasteiger partial charge in [-0.3, -0.25) is 14.4 Å². The average molecular weight is 374 g/mol. The van der Waals surface area contributed by atoms with Crippen molar-refractivity contribution >= 4 is 22.5 Å². The second-order valence-electron chi connectivity index (χ2n) is 6.28. The van der Waals surface area contributed by atoms with Gasteiger partial charge in [0.1, 0.15) is 5.75 Å². The lowest BCUT2D eigenvalue weighted by molar-refractivity contribution is 0.0941. The summed E-state index contributed by atoms with van der Waals surface area (Å²) in [4.78, 5) is 37.4. The predicted octanol–water partition coefficient (Wildman–Crippen LogP) is 2.05. The lowest BCUT2D eigenvalue weighted by atomic mass is 10.0. The van der Waals surface area contributed by atoms with Crippen LogP contribution in [0.4, 0.5) is 0 Å². The molecule has 2 aromatic heterocycles. The fourth-order valence-electron chi connectivity index (χ4n) is 2.92. The second kappa shape index (κ2) is 6.58. The van der Waals surface area contributed by atoms with E-state index in [4.69, 9.17) is 0 Å². The van der Waals surface area contributed by atoms with Crippen molar-refractivity contribution in [2.75, 3.05) is 0 Å². The van der Waals surface area contributed by atoms with E-state index in [-0.39, 0.29) is 22.6 Å². The zero-order valence-corrected chi connectivity index (χ0v) is 14.7. The number of H-pyrrole nitrogens is 1. The van der Waals surface area contributed by atoms with Crippen LogP contribution in [0, 0.1) is 6.92 Å². The number of aryl methyl sites for hydroxylation is 1. The Kier molecular flexibility index (Phi) is 4.08. The molecule has 0 saturated heterocycles. The first-order valence-electron chi connectivity index (χ1n) is 8.37. The van der Waals surface area contributed by atoms with Crippen LogP contribution in [0.3, 0.4) is 0 Å². The molecular weight excluding hydrogens is 360 g/mol. The number of aromatic amines is 1. The highest BCUT2D eigenvalue weighted by Crippen LogP contribution is 2.22. The van der Waals surface area contributed by atoms with Crippen LogP contribution >= 0.6 is 0 Å². The summed E-state index contributed by atoms with van der Waals surface area (Å²) < 4.78 is 0.979. The molecule has 8 nitrogen and oxygen atoms in total. The van der Waals surface area contributed by atoms with Crippen molar-refractivity contribution < 1.29 is 14.7 Å². The fourth-order valence-corrected chi connectivity index (χ4v) is 2.92. The topological polar surface area (TPSA) is 118 Å². The Labute approximate surface area is 158 Å². The number of phenolic OH excluding ortho intramolecular Hbond substituents is 1. The Balaban J connectivity index is 1.73. The molecule has 2 heterocycles. The summed E-state index contributed by atoms with van der Waals surface area (Å²) in [7, 11) is 0. The number of aromatic nitrogens is 4. The highest BCUT2D eigenvalue weighted by atomic mass is 16.3. The number of rotatable bonds is 3. The Bertz CT molecular complexity index is 1300. The summed E-state index contributed by atoms with van der Waals surface area (Å²) in [5.74, 6) is -1.21. The fraction of sp³-hybridized carbons (Fsp3) is 0.0500. The molecule has 0 aliphatic heterocycles. The van der Waals surface area contributed by atoms with Crippen molar-refractivity contribution in [1.82, 2.24) is 20.0 Å². The van der Waals surface area contributed by atoms with Gasteiger partial charge in [0, 0.05) is 11.6 Å². The van der Waals surface area contributed by atoms with Crippen LogP contribution in [0.15, 0.2) is 59.7 Å². The average Bonchev–Trinajstić information content (AvgIpc) is 3.19. The minimum Gasteiger partial charge on any atom is -0.507 e. The molecule has 0 atom stereocenters. The van der Waals surface area contributed by atoms with Crippen LogP contribution in [-0.2, 0) is 0 Å². The third-order valence-corrected chi connectivity index (χ3v) is 4.35. The van der Waals surface area contributed by atoms with Gasteiger partial charge >= 0.3 is 0 Å². The number of nitrogens with one attached hydrogen (secondary N) is 1. The van der Waals surface area contributed by atoms with Crippen LogP contribution in [0.25, 0.3) is 10.8 Å². The number of carbonyl (C=O) groups excluding carboxylic acids is 2. The van der Waals surface area contributed by atoms with Crippen LogP contribution in [-0.4, -0.2) is 36.8 Å². The molecule has 2 aromatic carbocycles. The number of hydrogen-bond donors (Lipinski definition) is 2. The maximum absolute atomic E-state index is 12.8. The molecule has 4 rings (SSSR count). The van der Waals surface area contributed by atoms with E-state index in [0.29, 0.717) is 10.8 Å². The number of phenols is 1. The van der Waals surface area contributed by atoms with Crippen molar-refractivity contribution in [2.24, 2.45) is 0 Å². The highest BCUT2D eigenvalue weighted by molar-refractivity contribution is 6.11. The van der Waals surface area contributed by atoms with E-state index < -0.39 is 17.2 Å². The first-order chi connectivity index (χ1) is 13.5. The van der Waals surface area contributed by atoms with E-state index >= 15 is 0 Å². The summed E-state index contributed by atoms with van der Waals surface area (Å²) in [5.41, 5.74) is 0.685. The van der Waals surface area contributed by atoms with Gasteiger partial charge in [-0.1, -0.05) is 29.8 Å². The third kappa shape index (κ3) is 2.86. The zero-order valence-electron chi connectivity index (χ0n) is 14.7. The van der Waals surface area contributed by atoms with Gasteiger partial charge in [-0.2, -0.15) is 10.2 Å². The van der Waals surface area contributed by atoms with E-state index in [9.17, 15) is 19.5 Å². The molecule has 0 bridgehead atoms. The van der Waals surface area contributed by atoms with Gasteiger partial charge in [0.05, 0.1) is 22.7 Å². The quantitative estimate of drug-likeness (QED) is 0.530. The molecule has 0 aliphatic rings. The van der Waals surface area contributed by atoms with Crippen LogP contribution in [0.5, 0.6) is 5.75 Å². The van der Waals surface area contributed by atoms with Gasteiger partial charge < -0.3 is 5.11 Å². The number of benzene rings is 2. The molecule has 138 valence electrons. The third-order valence-electron chi connectivity index (χ3n) is 4.35. The molecule has 0 saturated carbocycles. The predicted molar refractivity (Wildman–Crippen MR) is 101 cm³/mol. The molecule has 0 radical (unpaired) electrons. The molecule has 2 N–H and O–H groups in total. The monoisotopic (exact) mass is 374 g/mol. The maximum atomic E-state index is 12.8. The number of nitrogens with zero attached hydrogens (tertiary/aromatic N) is 3. The molecule has 0 aliphatic carbocycles. The SMILES string of the molecule is Cc1ccc(O)c(C(=O)c2cnn(C(=O)c3n[nH]c(=O)c4ccccc34)c2)c1. The lowest BCUT2D eigenvalue weighted by Crippen LogP contribution is -2.19. The zero-order chi connectivity index (χ0) is 19.8. The van der Waals surface area contributed by atoms with Crippen LogP contribution < -0.4 is 5.56 Å². The van der Waals surface area contributed by atoms with Crippen molar-refractivity contribution in [3.05, 3.63) is 87.6 Å². The number of hydrogen-bond acceptors (Lipinski definition) is 6. The molecule has 8 heteroatoms. The first kappa shape index (κ1) is 17.3. The lowest BCUT2D eigenvalue weighted by Gasteiger charge is -2.04. The molecule has 4 aromatic rings. The van der Waals surface area contributed by atoms with Gasteiger partial charge in [-0.05, 0) is 25.1 Å². The van der Waals surface area contributed by atoms with Crippen molar-refractivity contribution in [3.63, 3.8) is 0 Å². The van der Waals surface area contributed by atoms with Crippen LogP contribution in [0.1, 0.15) is 32.0 Å². The first-order valence-corrected chi connectivity index (χ1v) is 8.37. The standard InChI is InChI=1S/C20H14N4O4/c1-11-6-7-16(25)15(8-11)18(26)12-9-21-24(10-12)20(28)17-13-4-2-3-5-14(13)19(27)23-22-17/h2-10,25H,1H3,(H,23,27). The van der Waals surface area contributed by atoms with Crippen molar-refractivity contribution in [1.29, 1.82) is 0 Å². The van der Waals surface area contributed by atoms with Gasteiger partial charge in [-0.25, -0.2) is 9.78 Å². The number of carbonyl (C=O) groups is 2. The minimum atomic E-state index is -0.597. The molecule has 0 unspecified atom stereocenters. The number of aromatic hydroxyl groups is 1. The highest BCUT2D eigenvalue weighted by Gasteiger charge is 2.20. The van der Waals surface area contributed by atoms with E-state index in [1.165, 1.54) is 18.5 Å². The molecular formula is C20H14N4O4. The molecule has 0 spiro atoms. The van der Waals surface area contributed by atoms with E-state index in [1.807, 2.05) is 0 Å². The Hall–Kier alpha value is -4.07. The van der Waals surface area contributed by atoms with Gasteiger partial charge in [0.15, 0.2) is 11.5 Å². The Morgan fingerprint density at radius 3 is 2.64 bits per heavy atom. The molecule has 28 heavy (non-hydrogen) atoms. The Morgan fingerprint density at radius 2 is 1.86 bits per heavy atom.